The fourth-order valence-corrected chi connectivity index (χ4v) is 3.91. The van der Waals surface area contributed by atoms with Crippen molar-refractivity contribution in [2.24, 2.45) is 11.8 Å². The zero-order valence-corrected chi connectivity index (χ0v) is 13.8. The van der Waals surface area contributed by atoms with E-state index < -0.39 is 6.11 Å². The molecule has 4 fully saturated rings. The summed E-state index contributed by atoms with van der Waals surface area (Å²) in [5.74, 6) is 1.45. The molecule has 1 aromatic heterocycles. The summed E-state index contributed by atoms with van der Waals surface area (Å²) in [7, 11) is 0. The number of nitrogens with zero attached hydrogens (tertiary/aromatic N) is 4. The molecule has 0 spiro atoms. The molecular weight excluding hydrogens is 326 g/mol. The van der Waals surface area contributed by atoms with E-state index in [-0.39, 0.29) is 11.6 Å². The zero-order valence-electron chi connectivity index (χ0n) is 13.8. The van der Waals surface area contributed by atoms with E-state index in [0.717, 1.165) is 32.2 Å². The van der Waals surface area contributed by atoms with Crippen molar-refractivity contribution in [1.82, 2.24) is 14.8 Å². The Kier molecular flexibility index (Phi) is 3.27. The van der Waals surface area contributed by atoms with Crippen LogP contribution in [-0.2, 0) is 12.7 Å². The van der Waals surface area contributed by atoms with Crippen molar-refractivity contribution in [3.63, 3.8) is 0 Å². The van der Waals surface area contributed by atoms with Gasteiger partial charge in [0, 0.05) is 19.1 Å². The van der Waals surface area contributed by atoms with Gasteiger partial charge in [0.1, 0.15) is 5.75 Å². The summed E-state index contributed by atoms with van der Waals surface area (Å²) >= 11 is 0. The lowest BCUT2D eigenvalue weighted by molar-refractivity contribution is -0.194. The molecule has 0 amide bonds. The molecule has 0 N–H and O–H groups in total. The molecule has 0 unspecified atom stereocenters. The average Bonchev–Trinajstić information content (AvgIpc) is 2.95. The second kappa shape index (κ2) is 5.41. The van der Waals surface area contributed by atoms with Crippen LogP contribution in [0.1, 0.15) is 31.5 Å². The van der Waals surface area contributed by atoms with Crippen LogP contribution in [0.3, 0.4) is 0 Å². The maximum atomic E-state index is 14.8. The van der Waals surface area contributed by atoms with Crippen LogP contribution in [0.15, 0.2) is 30.3 Å². The summed E-state index contributed by atoms with van der Waals surface area (Å²) in [4.78, 5) is 2.15. The standard InChI is InChI=1S/C18H20F2N4O/c19-18(20,25-15-4-2-1-3-5-15)16-21-22-17(24(16)10-12-6-7-12)23-11-13-8-14(23)9-13/h1-5,12-14H,6-11H2. The molecule has 7 heteroatoms. The Balaban J connectivity index is 1.48. The Morgan fingerprint density at radius 3 is 2.52 bits per heavy atom. The van der Waals surface area contributed by atoms with E-state index >= 15 is 0 Å². The summed E-state index contributed by atoms with van der Waals surface area (Å²) in [6.45, 7) is 1.44. The summed E-state index contributed by atoms with van der Waals surface area (Å²) in [5.41, 5.74) is 0. The second-order valence-electron chi connectivity index (χ2n) is 7.45. The molecule has 2 aliphatic heterocycles. The third-order valence-electron chi connectivity index (χ3n) is 5.48. The number of hydrogen-bond donors (Lipinski definition) is 0. The quantitative estimate of drug-likeness (QED) is 0.804. The summed E-state index contributed by atoms with van der Waals surface area (Å²) in [6, 6.07) is 8.57. The van der Waals surface area contributed by atoms with Gasteiger partial charge in [-0.25, -0.2) is 0 Å². The molecule has 132 valence electrons. The predicted octanol–water partition coefficient (Wildman–Crippen LogP) is 3.42. The number of ether oxygens (including phenoxy) is 1. The molecule has 25 heavy (non-hydrogen) atoms. The van der Waals surface area contributed by atoms with Gasteiger partial charge in [-0.05, 0) is 49.7 Å². The Labute approximate surface area is 144 Å². The van der Waals surface area contributed by atoms with Gasteiger partial charge >= 0.3 is 6.11 Å². The first-order valence-corrected chi connectivity index (χ1v) is 8.92. The van der Waals surface area contributed by atoms with E-state index in [1.165, 1.54) is 12.1 Å². The van der Waals surface area contributed by atoms with Crippen LogP contribution in [0.5, 0.6) is 5.75 Å². The molecule has 1 aromatic carbocycles. The van der Waals surface area contributed by atoms with Crippen molar-refractivity contribution < 1.29 is 13.5 Å². The lowest BCUT2D eigenvalue weighted by Crippen LogP contribution is -2.32. The Morgan fingerprint density at radius 2 is 1.88 bits per heavy atom. The highest BCUT2D eigenvalue weighted by Crippen LogP contribution is 2.44. The maximum absolute atomic E-state index is 14.8. The topological polar surface area (TPSA) is 43.2 Å². The number of halogens is 2. The summed E-state index contributed by atoms with van der Waals surface area (Å²) in [6.07, 6.45) is 0.928. The highest BCUT2D eigenvalue weighted by Gasteiger charge is 2.48. The monoisotopic (exact) mass is 346 g/mol. The third kappa shape index (κ3) is 2.65. The van der Waals surface area contributed by atoms with Gasteiger partial charge < -0.3 is 9.64 Å². The Morgan fingerprint density at radius 1 is 1.12 bits per heavy atom. The van der Waals surface area contributed by atoms with Crippen LogP contribution in [0, 0.1) is 11.8 Å². The fraction of sp³-hybridized carbons (Fsp3) is 0.556. The van der Waals surface area contributed by atoms with Crippen molar-refractivity contribution in [1.29, 1.82) is 0 Å². The van der Waals surface area contributed by atoms with Crippen LogP contribution in [0.25, 0.3) is 0 Å². The minimum absolute atomic E-state index is 0.124. The molecule has 0 radical (unpaired) electrons. The summed E-state index contributed by atoms with van der Waals surface area (Å²) < 4.78 is 36.2. The smallest absolute Gasteiger partial charge is 0.427 e. The van der Waals surface area contributed by atoms with E-state index in [2.05, 4.69) is 15.1 Å². The Bertz CT molecular complexity index is 769. The van der Waals surface area contributed by atoms with Gasteiger partial charge in [-0.2, -0.15) is 8.78 Å². The van der Waals surface area contributed by atoms with E-state index in [1.807, 2.05) is 0 Å². The van der Waals surface area contributed by atoms with Crippen molar-refractivity contribution in [2.45, 2.75) is 44.4 Å². The van der Waals surface area contributed by atoms with Gasteiger partial charge in [-0.15, -0.1) is 10.2 Å². The van der Waals surface area contributed by atoms with Gasteiger partial charge in [-0.3, -0.25) is 4.57 Å². The number of para-hydroxylation sites is 1. The predicted molar refractivity (Wildman–Crippen MR) is 87.6 cm³/mol. The van der Waals surface area contributed by atoms with Crippen LogP contribution in [0.2, 0.25) is 0 Å². The first-order valence-electron chi connectivity index (χ1n) is 8.92. The molecular formula is C18H20F2N4O. The van der Waals surface area contributed by atoms with Crippen LogP contribution in [-0.4, -0.2) is 27.4 Å². The van der Waals surface area contributed by atoms with E-state index in [9.17, 15) is 8.78 Å². The van der Waals surface area contributed by atoms with Crippen molar-refractivity contribution in [2.75, 3.05) is 11.4 Å². The molecule has 4 aliphatic rings. The molecule has 6 rings (SSSR count). The molecule has 2 aromatic rings. The molecule has 2 saturated carbocycles. The Hall–Kier alpha value is -2.18. The molecule has 0 atom stereocenters. The first kappa shape index (κ1) is 15.1. The number of alkyl halides is 2. The van der Waals surface area contributed by atoms with Crippen molar-refractivity contribution >= 4 is 5.95 Å². The van der Waals surface area contributed by atoms with Crippen molar-refractivity contribution in [3.8, 4) is 5.75 Å². The minimum atomic E-state index is -3.51. The number of fused-ring (bicyclic) bond motifs is 1. The second-order valence-corrected chi connectivity index (χ2v) is 7.45. The van der Waals surface area contributed by atoms with Crippen LogP contribution < -0.4 is 9.64 Å². The van der Waals surface area contributed by atoms with E-state index in [4.69, 9.17) is 4.74 Å². The number of rotatable bonds is 6. The average molecular weight is 346 g/mol. The SMILES string of the molecule is FC(F)(Oc1ccccc1)c1nnc(N2CC3CC2C3)n1CC1CC1. The zero-order chi connectivity index (χ0) is 17.0. The summed E-state index contributed by atoms with van der Waals surface area (Å²) in [5, 5.41) is 8.00. The first-order chi connectivity index (χ1) is 12.1. The van der Waals surface area contributed by atoms with Crippen LogP contribution >= 0.6 is 0 Å². The molecule has 5 nitrogen and oxygen atoms in total. The molecule has 2 bridgehead atoms. The highest BCUT2D eigenvalue weighted by atomic mass is 19.3. The molecule has 3 heterocycles. The third-order valence-corrected chi connectivity index (χ3v) is 5.48. The van der Waals surface area contributed by atoms with Gasteiger partial charge in [0.25, 0.3) is 0 Å². The molecule has 2 saturated heterocycles. The number of aromatic nitrogens is 3. The van der Waals surface area contributed by atoms with Crippen molar-refractivity contribution in [3.05, 3.63) is 36.2 Å². The lowest BCUT2D eigenvalue weighted by atomic mass is 9.86. The van der Waals surface area contributed by atoms with E-state index in [0.29, 0.717) is 30.4 Å². The van der Waals surface area contributed by atoms with E-state index in [1.54, 1.807) is 22.8 Å². The number of hydrogen-bond acceptors (Lipinski definition) is 4. The fourth-order valence-electron chi connectivity index (χ4n) is 3.91. The van der Waals surface area contributed by atoms with Gasteiger partial charge in [0.2, 0.25) is 11.8 Å². The normalized spacial score (nSPS) is 25.1. The minimum Gasteiger partial charge on any atom is -0.427 e. The molecule has 2 aliphatic carbocycles. The van der Waals surface area contributed by atoms with Gasteiger partial charge in [-0.1, -0.05) is 18.2 Å². The lowest BCUT2D eigenvalue weighted by Gasteiger charge is -2.27. The maximum Gasteiger partial charge on any atom is 0.462 e. The number of anilines is 1. The van der Waals surface area contributed by atoms with Crippen LogP contribution in [0.4, 0.5) is 14.7 Å². The highest BCUT2D eigenvalue weighted by molar-refractivity contribution is 5.39. The largest absolute Gasteiger partial charge is 0.462 e. The number of benzene rings is 1. The van der Waals surface area contributed by atoms with Gasteiger partial charge in [0.15, 0.2) is 0 Å². The van der Waals surface area contributed by atoms with Gasteiger partial charge in [0.05, 0.1) is 0 Å².